The van der Waals surface area contributed by atoms with Crippen LogP contribution in [-0.2, 0) is 78.2 Å². The van der Waals surface area contributed by atoms with Crippen LogP contribution in [0.3, 0.4) is 0 Å². The number of halogens is 1. The number of hydrogen-bond donors (Lipinski definition) is 4. The molecule has 0 saturated heterocycles. The standard InChI is InChI=1S/C13H8NS.5C13H8N.C12H27P.C9H6NS.2C5H12O2.ClH.4Ir/c1-2-7-12-10(5-1)9-13(15-12)11-6-3-4-8-14-11;5*1-2-6-12-10(4-1)7-8-11-5-3-9-14-13(11)12;1-4-7-10-13(11-8-5-2)12-9-6-3;1-2-6-10-8(4-1)9-5-3-7-11-9;2*1-4(6)3-5(2)7;;;;;/h1-8H;5*1-5,7-9H;4-12H2,1-3H3;1-4,6-7H;2*4-7H,3H2,1-2H3;1H;;;;/q6*-1;;-1;;;;;;2*+3. The Labute approximate surface area is 818 Å². The van der Waals surface area contributed by atoms with Crippen molar-refractivity contribution in [1.82, 2.24) is 34.9 Å². The molecule has 0 saturated carbocycles. The van der Waals surface area contributed by atoms with E-state index in [2.05, 4.69) is 247 Å². The first-order valence-electron chi connectivity index (χ1n) is 42.3. The van der Waals surface area contributed by atoms with Crippen LogP contribution < -0.4 is 0 Å². The van der Waals surface area contributed by atoms with E-state index >= 15 is 0 Å². The number of fused-ring (bicyclic) bond motifs is 16. The van der Waals surface area contributed by atoms with Crippen LogP contribution in [0.15, 0.2) is 328 Å². The van der Waals surface area contributed by atoms with E-state index in [1.165, 1.54) is 120 Å². The van der Waals surface area contributed by atoms with Crippen LogP contribution in [-0.4, -0.2) is 98.2 Å². The van der Waals surface area contributed by atoms with Gasteiger partial charge in [-0.15, -0.1) is 204 Å². The number of aliphatic hydroxyl groups is 4. The number of aliphatic hydroxyl groups excluding tert-OH is 4. The number of unbranched alkanes of at least 4 members (excludes halogenated alkanes) is 3. The smallest absolute Gasteiger partial charge is 0.319 e. The molecular formula is C109H106ClIr4N7O4PS2-. The quantitative estimate of drug-likeness (QED) is 0.0437. The molecule has 4 atom stereocenters. The summed E-state index contributed by atoms with van der Waals surface area (Å²) in [5.74, 6) is 0. The molecule has 0 aliphatic carbocycles. The number of rotatable bonds is 15. The van der Waals surface area contributed by atoms with Gasteiger partial charge in [-0.2, -0.15) is 12.1 Å². The summed E-state index contributed by atoms with van der Waals surface area (Å²) in [6.07, 6.45) is 25.6. The van der Waals surface area contributed by atoms with E-state index in [4.69, 9.17) is 20.4 Å². The van der Waals surface area contributed by atoms with Crippen molar-refractivity contribution in [2.75, 3.05) is 18.5 Å². The summed E-state index contributed by atoms with van der Waals surface area (Å²) in [5.41, 5.74) is 7.17. The van der Waals surface area contributed by atoms with E-state index in [0.717, 1.165) is 75.7 Å². The van der Waals surface area contributed by atoms with Crippen LogP contribution in [0.4, 0.5) is 0 Å². The Morgan fingerprint density at radius 1 is 0.320 bits per heavy atom. The number of pyridine rings is 7. The van der Waals surface area contributed by atoms with Crippen LogP contribution in [0.25, 0.3) is 140 Å². The molecule has 128 heavy (non-hydrogen) atoms. The molecule has 9 aromatic heterocycles. The Hall–Kier alpha value is -9.11. The van der Waals surface area contributed by atoms with Crippen LogP contribution in [0.1, 0.15) is 99.8 Å². The van der Waals surface area contributed by atoms with Gasteiger partial charge in [0, 0.05) is 97.2 Å². The van der Waals surface area contributed by atoms with E-state index in [0.29, 0.717) is 12.8 Å². The van der Waals surface area contributed by atoms with Crippen molar-refractivity contribution < 1.29 is 98.6 Å². The molecule has 0 amide bonds. The fourth-order valence-electron chi connectivity index (χ4n) is 13.7. The molecule has 662 valence electrons. The van der Waals surface area contributed by atoms with E-state index < -0.39 is 0 Å². The van der Waals surface area contributed by atoms with E-state index in [9.17, 15) is 0 Å². The first kappa shape index (κ1) is 106. The molecule has 11 nitrogen and oxygen atoms in total. The van der Waals surface area contributed by atoms with Crippen molar-refractivity contribution in [3.63, 3.8) is 0 Å². The summed E-state index contributed by atoms with van der Waals surface area (Å²) in [7, 11) is 4.71. The molecule has 20 aromatic rings. The van der Waals surface area contributed by atoms with Gasteiger partial charge in [-0.05, 0) is 172 Å². The van der Waals surface area contributed by atoms with Gasteiger partial charge in [-0.25, -0.2) is 22.7 Å². The molecule has 0 aliphatic rings. The molecule has 9 heterocycles. The first-order valence-corrected chi connectivity index (χ1v) is 49.1. The van der Waals surface area contributed by atoms with Gasteiger partial charge in [-0.1, -0.05) is 172 Å². The fourth-order valence-corrected chi connectivity index (χ4v) is 18.7. The molecular weight excluding hydrogens is 2370 g/mol. The average molecular weight is 2480 g/mol. The SMILES string of the molecule is CC(O)CC(C)O.CC(O)CC(C)O.CCCC[PH+](CCCC)CCCC.[Cl][Ir+2].[Ir+3].[Ir].[Ir].[c-]1c(-c2ccccn2)sc2ccccc12.[c-]1cccc2ccc3cccnc3c12.[c-]1cccc2ccc3cccnc3c12.[c-]1cccc2ccc3cccnc3c12.[c-]1cccc2ccc3cccnc3c12.[c-]1cccc2ccc3cccnc3c12.[c-]1ccsc1-c1ccccn1. The van der Waals surface area contributed by atoms with Gasteiger partial charge in [0.2, 0.25) is 0 Å². The van der Waals surface area contributed by atoms with Crippen LogP contribution >= 0.6 is 40.2 Å². The largest absolute Gasteiger partial charge is 3.00 e. The zero-order valence-corrected chi connectivity index (χ0v) is 85.7. The molecule has 19 heteroatoms. The van der Waals surface area contributed by atoms with Crippen molar-refractivity contribution in [2.24, 2.45) is 0 Å². The average Bonchev–Trinajstić information content (AvgIpc) is 1.17. The molecule has 4 unspecified atom stereocenters. The molecule has 0 aliphatic heterocycles. The zero-order valence-electron chi connectivity index (χ0n) is 72.7. The summed E-state index contributed by atoms with van der Waals surface area (Å²) in [6.45, 7) is 13.6. The molecule has 2 radical (unpaired) electrons. The van der Waals surface area contributed by atoms with Crippen LogP contribution in [0, 0.1) is 42.5 Å². The van der Waals surface area contributed by atoms with Crippen molar-refractivity contribution in [3.05, 3.63) is 370 Å². The third-order valence-electron chi connectivity index (χ3n) is 19.7. The van der Waals surface area contributed by atoms with Crippen molar-refractivity contribution in [1.29, 1.82) is 0 Å². The zero-order chi connectivity index (χ0) is 88.2. The minimum Gasteiger partial charge on any atom is -0.319 e. The van der Waals surface area contributed by atoms with Crippen LogP contribution in [0.5, 0.6) is 0 Å². The topological polar surface area (TPSA) is 171 Å². The molecule has 0 bridgehead atoms. The third-order valence-corrected chi connectivity index (χ3v) is 24.8. The Morgan fingerprint density at radius 3 is 0.852 bits per heavy atom. The summed E-state index contributed by atoms with van der Waals surface area (Å²) >= 11 is 4.86. The van der Waals surface area contributed by atoms with Gasteiger partial charge in [0.15, 0.2) is 0 Å². The first-order chi connectivity index (χ1) is 61.2. The van der Waals surface area contributed by atoms with Gasteiger partial charge >= 0.3 is 47.6 Å². The number of hydrogen-bond acceptors (Lipinski definition) is 13. The third kappa shape index (κ3) is 33.7. The summed E-state index contributed by atoms with van der Waals surface area (Å²) in [5, 5.41) is 54.7. The minimum absolute atomic E-state index is 0. The maximum atomic E-state index is 8.56. The van der Waals surface area contributed by atoms with Crippen molar-refractivity contribution >= 4 is 159 Å². The van der Waals surface area contributed by atoms with Crippen molar-refractivity contribution in [3.8, 4) is 21.1 Å². The summed E-state index contributed by atoms with van der Waals surface area (Å²) in [4.78, 5) is 32.6. The molecule has 20 rings (SSSR count). The second-order valence-electron chi connectivity index (χ2n) is 29.7. The number of thiophene rings is 2. The Bertz CT molecular complexity index is 5530. The van der Waals surface area contributed by atoms with Gasteiger partial charge in [-0.3, -0.25) is 0 Å². The van der Waals surface area contributed by atoms with E-state index in [-0.39, 0.29) is 92.7 Å². The maximum Gasteiger partial charge on any atom is 3.00 e. The molecule has 4 N–H and O–H groups in total. The molecule has 0 fully saturated rings. The monoisotopic (exact) mass is 2480 g/mol. The Morgan fingerprint density at radius 2 is 0.594 bits per heavy atom. The maximum absolute atomic E-state index is 8.56. The normalized spacial score (nSPS) is 11.3. The number of nitrogens with zero attached hydrogens (tertiary/aromatic N) is 7. The second kappa shape index (κ2) is 59.2. The number of benzene rings is 11. The predicted molar refractivity (Wildman–Crippen MR) is 530 cm³/mol. The van der Waals surface area contributed by atoms with Gasteiger partial charge in [0.25, 0.3) is 0 Å². The molecule has 11 aromatic carbocycles. The van der Waals surface area contributed by atoms with Crippen LogP contribution in [0.2, 0.25) is 0 Å². The minimum atomic E-state index is -0.375. The van der Waals surface area contributed by atoms with E-state index in [1.54, 1.807) is 75.1 Å². The molecule has 0 spiro atoms. The van der Waals surface area contributed by atoms with Gasteiger partial charge < -0.3 is 55.3 Å². The van der Waals surface area contributed by atoms with E-state index in [1.807, 2.05) is 182 Å². The summed E-state index contributed by atoms with van der Waals surface area (Å²) in [6, 6.07) is 116. The second-order valence-corrected chi connectivity index (χ2v) is 34.6. The van der Waals surface area contributed by atoms with Gasteiger partial charge in [0.05, 0.1) is 42.9 Å². The predicted octanol–water partition coefficient (Wildman–Crippen LogP) is 27.9. The summed E-state index contributed by atoms with van der Waals surface area (Å²) < 4.78 is 1.26. The Balaban J connectivity index is 0.000000195. The van der Waals surface area contributed by atoms with Gasteiger partial charge in [0.1, 0.15) is 0 Å². The van der Waals surface area contributed by atoms with Crippen molar-refractivity contribution in [2.45, 2.75) is 124 Å². The fraction of sp³-hybridized carbons (Fsp3) is 0.202. The number of aromatic nitrogens is 7. The Kier molecular flexibility index (Phi) is 49.0.